The minimum atomic E-state index is -0.657. The number of carbonyl (C=O) groups excluding carboxylic acids is 1. The maximum Gasteiger partial charge on any atom is 0.338 e. The van der Waals surface area contributed by atoms with E-state index in [1.54, 1.807) is 30.6 Å². The summed E-state index contributed by atoms with van der Waals surface area (Å²) >= 11 is 4.69. The Morgan fingerprint density at radius 2 is 1.91 bits per heavy atom. The fourth-order valence-corrected chi connectivity index (χ4v) is 5.42. The van der Waals surface area contributed by atoms with E-state index in [1.807, 2.05) is 38.1 Å². The molecule has 0 aliphatic carbocycles. The van der Waals surface area contributed by atoms with Crippen molar-refractivity contribution in [2.75, 3.05) is 13.2 Å². The molecule has 1 aromatic heterocycles. The van der Waals surface area contributed by atoms with Crippen LogP contribution in [0.4, 0.5) is 0 Å². The number of rotatable bonds is 6. The zero-order valence-corrected chi connectivity index (χ0v) is 22.2. The van der Waals surface area contributed by atoms with E-state index in [0.29, 0.717) is 43.0 Å². The van der Waals surface area contributed by atoms with E-state index in [2.05, 4.69) is 20.9 Å². The lowest BCUT2D eigenvalue weighted by molar-refractivity contribution is -0.139. The average Bonchev–Trinajstić information content (AvgIpc) is 3.11. The topological polar surface area (TPSA) is 90.1 Å². The largest absolute Gasteiger partial charge is 0.504 e. The molecule has 0 radical (unpaired) electrons. The van der Waals surface area contributed by atoms with Crippen molar-refractivity contribution >= 4 is 39.3 Å². The van der Waals surface area contributed by atoms with E-state index in [9.17, 15) is 14.7 Å². The van der Waals surface area contributed by atoms with Gasteiger partial charge in [-0.25, -0.2) is 9.79 Å². The Balaban J connectivity index is 1.94. The maximum absolute atomic E-state index is 13.7. The third-order valence-corrected chi connectivity index (χ3v) is 7.24. The van der Waals surface area contributed by atoms with Gasteiger partial charge in [-0.05, 0) is 57.0 Å². The molecule has 1 aliphatic rings. The molecule has 0 saturated heterocycles. The first kappa shape index (κ1) is 24.9. The number of hydrogen-bond acceptors (Lipinski definition) is 7. The van der Waals surface area contributed by atoms with Crippen molar-refractivity contribution in [3.05, 3.63) is 88.5 Å². The number of aromatic nitrogens is 1. The molecule has 1 aliphatic heterocycles. The molecule has 182 valence electrons. The number of nitrogens with zero attached hydrogens (tertiary/aromatic N) is 2. The summed E-state index contributed by atoms with van der Waals surface area (Å²) in [6.45, 7) is 7.93. The number of aryl methyl sites for hydroxylation is 1. The molecule has 0 amide bonds. The summed E-state index contributed by atoms with van der Waals surface area (Å²) in [6.07, 6.45) is 1.73. The van der Waals surface area contributed by atoms with Crippen LogP contribution in [-0.2, 0) is 9.53 Å². The van der Waals surface area contributed by atoms with Crippen molar-refractivity contribution in [3.63, 3.8) is 0 Å². The zero-order valence-electron chi connectivity index (χ0n) is 19.8. The smallest absolute Gasteiger partial charge is 0.338 e. The molecule has 0 bridgehead atoms. The van der Waals surface area contributed by atoms with E-state index >= 15 is 0 Å². The molecule has 0 spiro atoms. The van der Waals surface area contributed by atoms with Gasteiger partial charge in [0.15, 0.2) is 16.3 Å². The van der Waals surface area contributed by atoms with Crippen LogP contribution in [0.15, 0.2) is 61.9 Å². The van der Waals surface area contributed by atoms with Crippen LogP contribution in [0.25, 0.3) is 6.08 Å². The summed E-state index contributed by atoms with van der Waals surface area (Å²) in [5, 5.41) is 10.1. The van der Waals surface area contributed by atoms with Crippen LogP contribution in [-0.4, -0.2) is 28.9 Å². The fraction of sp³-hybridized carbons (Fsp3) is 0.269. The summed E-state index contributed by atoms with van der Waals surface area (Å²) in [7, 11) is 0. The molecule has 1 atom stereocenters. The minimum Gasteiger partial charge on any atom is -0.504 e. The second-order valence-corrected chi connectivity index (χ2v) is 9.85. The van der Waals surface area contributed by atoms with Crippen LogP contribution >= 0.6 is 27.3 Å². The molecule has 9 heteroatoms. The van der Waals surface area contributed by atoms with Crippen LogP contribution in [0.5, 0.6) is 11.5 Å². The number of phenolic OH excluding ortho intramolecular Hbond substituents is 1. The Bertz CT molecular complexity index is 1500. The number of halogens is 1. The molecule has 0 fully saturated rings. The number of esters is 1. The average molecular weight is 557 g/mol. The quantitative estimate of drug-likeness (QED) is 0.464. The van der Waals surface area contributed by atoms with Gasteiger partial charge in [0, 0.05) is 4.47 Å². The van der Waals surface area contributed by atoms with Crippen molar-refractivity contribution in [2.24, 2.45) is 4.99 Å². The lowest BCUT2D eigenvalue weighted by Crippen LogP contribution is -2.39. The molecule has 0 unspecified atom stereocenters. The molecule has 2 aromatic carbocycles. The summed E-state index contributed by atoms with van der Waals surface area (Å²) in [6, 6.07) is 10.3. The Hall–Kier alpha value is -3.17. The lowest BCUT2D eigenvalue weighted by atomic mass is 9.95. The van der Waals surface area contributed by atoms with Gasteiger partial charge in [0.1, 0.15) is 0 Å². The fourth-order valence-electron chi connectivity index (χ4n) is 3.94. The van der Waals surface area contributed by atoms with E-state index in [0.717, 1.165) is 11.1 Å². The number of phenols is 1. The summed E-state index contributed by atoms with van der Waals surface area (Å²) in [4.78, 5) is 31.7. The van der Waals surface area contributed by atoms with Gasteiger partial charge in [-0.15, -0.1) is 0 Å². The van der Waals surface area contributed by atoms with Gasteiger partial charge in [0.05, 0.1) is 35.1 Å². The van der Waals surface area contributed by atoms with Crippen LogP contribution in [0, 0.1) is 6.92 Å². The predicted molar refractivity (Wildman–Crippen MR) is 139 cm³/mol. The van der Waals surface area contributed by atoms with E-state index in [-0.39, 0.29) is 17.9 Å². The van der Waals surface area contributed by atoms with E-state index in [1.165, 1.54) is 17.4 Å². The highest BCUT2D eigenvalue weighted by molar-refractivity contribution is 9.10. The van der Waals surface area contributed by atoms with Crippen molar-refractivity contribution in [1.29, 1.82) is 0 Å². The molecule has 3 aromatic rings. The zero-order chi connectivity index (χ0) is 25.3. The van der Waals surface area contributed by atoms with Crippen LogP contribution in [0.1, 0.15) is 43.5 Å². The number of hydrogen-bond donors (Lipinski definition) is 1. The second kappa shape index (κ2) is 10.2. The Morgan fingerprint density at radius 1 is 1.20 bits per heavy atom. The Labute approximate surface area is 214 Å². The summed E-state index contributed by atoms with van der Waals surface area (Å²) in [5.41, 5.74) is 3.13. The van der Waals surface area contributed by atoms with Crippen molar-refractivity contribution < 1.29 is 19.4 Å². The van der Waals surface area contributed by atoms with Crippen LogP contribution < -0.4 is 19.6 Å². The normalized spacial score (nSPS) is 15.6. The maximum atomic E-state index is 13.7. The number of carbonyl (C=O) groups is 1. The number of thiazole rings is 1. The Morgan fingerprint density at radius 3 is 2.57 bits per heavy atom. The molecular formula is C26H25BrN2O5S. The lowest BCUT2D eigenvalue weighted by Gasteiger charge is -2.24. The van der Waals surface area contributed by atoms with E-state index < -0.39 is 12.0 Å². The Kier molecular flexibility index (Phi) is 7.28. The first-order valence-electron chi connectivity index (χ1n) is 11.2. The SMILES string of the molecule is CCOC(=O)C1=C(C)N=c2s/c(=C/c3cc(OCC)c(O)cc3Br)c(=O)n2[C@H]1c1ccc(C)cc1. The van der Waals surface area contributed by atoms with Gasteiger partial charge in [-0.2, -0.15) is 0 Å². The number of allylic oxidation sites excluding steroid dienone is 1. The third kappa shape index (κ3) is 4.83. The molecule has 0 saturated carbocycles. The second-order valence-electron chi connectivity index (χ2n) is 7.99. The molecular weight excluding hydrogens is 532 g/mol. The molecule has 1 N–H and O–H groups in total. The van der Waals surface area contributed by atoms with Crippen LogP contribution in [0.3, 0.4) is 0 Å². The highest BCUT2D eigenvalue weighted by Crippen LogP contribution is 2.33. The van der Waals surface area contributed by atoms with Gasteiger partial charge < -0.3 is 14.6 Å². The third-order valence-electron chi connectivity index (χ3n) is 5.57. The molecule has 4 rings (SSSR count). The number of ether oxygens (including phenoxy) is 2. The number of benzene rings is 2. The van der Waals surface area contributed by atoms with Crippen molar-refractivity contribution in [2.45, 2.75) is 33.7 Å². The predicted octanol–water partition coefficient (Wildman–Crippen LogP) is 3.97. The molecule has 2 heterocycles. The van der Waals surface area contributed by atoms with Gasteiger partial charge in [0.25, 0.3) is 5.56 Å². The molecule has 7 nitrogen and oxygen atoms in total. The minimum absolute atomic E-state index is 0.00593. The van der Waals surface area contributed by atoms with Gasteiger partial charge in [-0.3, -0.25) is 9.36 Å². The summed E-state index contributed by atoms with van der Waals surface area (Å²) in [5.74, 6) is -0.157. The first-order valence-corrected chi connectivity index (χ1v) is 12.8. The number of fused-ring (bicyclic) bond motifs is 1. The van der Waals surface area contributed by atoms with Gasteiger partial charge in [-0.1, -0.05) is 57.1 Å². The first-order chi connectivity index (χ1) is 16.7. The van der Waals surface area contributed by atoms with Gasteiger partial charge >= 0.3 is 5.97 Å². The highest BCUT2D eigenvalue weighted by atomic mass is 79.9. The number of aromatic hydroxyl groups is 1. The molecule has 35 heavy (non-hydrogen) atoms. The van der Waals surface area contributed by atoms with E-state index in [4.69, 9.17) is 9.47 Å². The van der Waals surface area contributed by atoms with Crippen molar-refractivity contribution in [3.8, 4) is 11.5 Å². The monoisotopic (exact) mass is 556 g/mol. The summed E-state index contributed by atoms with van der Waals surface area (Å²) < 4.78 is 13.4. The van der Waals surface area contributed by atoms with Crippen LogP contribution in [0.2, 0.25) is 0 Å². The van der Waals surface area contributed by atoms with Crippen molar-refractivity contribution in [1.82, 2.24) is 4.57 Å². The van der Waals surface area contributed by atoms with Gasteiger partial charge in [0.2, 0.25) is 0 Å². The highest BCUT2D eigenvalue weighted by Gasteiger charge is 2.33. The standard InChI is InChI=1S/C26H25BrN2O5S/c1-5-33-20-11-17(18(27)13-19(20)30)12-21-24(31)29-23(16-9-7-14(3)8-10-16)22(25(32)34-6-2)15(4)28-26(29)35-21/h7-13,23,30H,5-6H2,1-4H3/b21-12+/t23-/m0/s1.